The molecule has 0 spiro atoms. The lowest BCUT2D eigenvalue weighted by molar-refractivity contribution is 0.580. The summed E-state index contributed by atoms with van der Waals surface area (Å²) >= 11 is 6.03. The largest absolute Gasteiger partial charge is 0.371 e. The third-order valence-electron chi connectivity index (χ3n) is 2.63. The van der Waals surface area contributed by atoms with Crippen LogP contribution < -0.4 is 10.6 Å². The van der Waals surface area contributed by atoms with E-state index >= 15 is 0 Å². The highest BCUT2D eigenvalue weighted by Gasteiger charge is 2.13. The molecule has 1 aromatic carbocycles. The number of pyridine rings is 1. The van der Waals surface area contributed by atoms with Crippen molar-refractivity contribution in [1.29, 1.82) is 0 Å². The second-order valence-electron chi connectivity index (χ2n) is 3.96. The zero-order valence-corrected chi connectivity index (χ0v) is 11.1. The van der Waals surface area contributed by atoms with Crippen LogP contribution in [0, 0.1) is 18.6 Å². The molecule has 0 aliphatic heterocycles. The van der Waals surface area contributed by atoms with Gasteiger partial charge in [-0.25, -0.2) is 13.8 Å². The molecule has 0 atom stereocenters. The van der Waals surface area contributed by atoms with E-state index in [2.05, 4.69) is 15.6 Å². The molecule has 0 saturated heterocycles. The normalized spacial score (nSPS) is 10.4. The lowest BCUT2D eigenvalue weighted by Crippen LogP contribution is -2.04. The lowest BCUT2D eigenvalue weighted by atomic mass is 10.2. The SMILES string of the molecule is CNc1nc(Nc2c(C)cccc2Cl)c(F)cc1F. The highest BCUT2D eigenvalue weighted by atomic mass is 35.5. The number of hydrogen-bond acceptors (Lipinski definition) is 3. The number of rotatable bonds is 3. The first-order valence-corrected chi connectivity index (χ1v) is 5.96. The molecule has 0 unspecified atom stereocenters. The van der Waals surface area contributed by atoms with E-state index < -0.39 is 11.6 Å². The zero-order chi connectivity index (χ0) is 14.0. The molecule has 100 valence electrons. The number of aromatic nitrogens is 1. The molecule has 0 fully saturated rings. The highest BCUT2D eigenvalue weighted by molar-refractivity contribution is 6.33. The molecule has 1 heterocycles. The number of aryl methyl sites for hydroxylation is 1. The van der Waals surface area contributed by atoms with Crippen molar-refractivity contribution >= 4 is 28.9 Å². The van der Waals surface area contributed by atoms with Gasteiger partial charge in [0.15, 0.2) is 23.3 Å². The molecule has 19 heavy (non-hydrogen) atoms. The Balaban J connectivity index is 2.44. The average molecular weight is 284 g/mol. The first kappa shape index (κ1) is 13.5. The monoisotopic (exact) mass is 283 g/mol. The smallest absolute Gasteiger partial charge is 0.169 e. The number of anilines is 3. The van der Waals surface area contributed by atoms with Crippen LogP contribution in [0.1, 0.15) is 5.56 Å². The molecule has 2 N–H and O–H groups in total. The number of para-hydroxylation sites is 1. The van der Waals surface area contributed by atoms with Gasteiger partial charge < -0.3 is 10.6 Å². The van der Waals surface area contributed by atoms with Gasteiger partial charge in [0.25, 0.3) is 0 Å². The summed E-state index contributed by atoms with van der Waals surface area (Å²) in [4.78, 5) is 3.84. The van der Waals surface area contributed by atoms with Crippen molar-refractivity contribution in [2.75, 3.05) is 17.7 Å². The van der Waals surface area contributed by atoms with Crippen molar-refractivity contribution in [3.8, 4) is 0 Å². The predicted octanol–water partition coefficient (Wildman–Crippen LogP) is 4.11. The van der Waals surface area contributed by atoms with Crippen LogP contribution in [0.2, 0.25) is 5.02 Å². The van der Waals surface area contributed by atoms with Crippen LogP contribution in [-0.4, -0.2) is 12.0 Å². The van der Waals surface area contributed by atoms with Crippen LogP contribution in [0.15, 0.2) is 24.3 Å². The van der Waals surface area contributed by atoms with Gasteiger partial charge >= 0.3 is 0 Å². The fourth-order valence-corrected chi connectivity index (χ4v) is 1.91. The molecule has 0 aliphatic rings. The van der Waals surface area contributed by atoms with E-state index in [1.54, 1.807) is 12.1 Å². The van der Waals surface area contributed by atoms with Crippen LogP contribution >= 0.6 is 11.6 Å². The Hall–Kier alpha value is -1.88. The molecule has 2 aromatic rings. The topological polar surface area (TPSA) is 37.0 Å². The summed E-state index contributed by atoms with van der Waals surface area (Å²) < 4.78 is 27.0. The van der Waals surface area contributed by atoms with Crippen molar-refractivity contribution in [2.45, 2.75) is 6.92 Å². The van der Waals surface area contributed by atoms with Gasteiger partial charge in [-0.1, -0.05) is 23.7 Å². The van der Waals surface area contributed by atoms with Crippen molar-refractivity contribution in [3.05, 3.63) is 46.5 Å². The van der Waals surface area contributed by atoms with E-state index in [9.17, 15) is 8.78 Å². The molecule has 0 aliphatic carbocycles. The van der Waals surface area contributed by atoms with Crippen LogP contribution in [0.4, 0.5) is 26.1 Å². The quantitative estimate of drug-likeness (QED) is 0.890. The van der Waals surface area contributed by atoms with E-state index in [4.69, 9.17) is 11.6 Å². The second kappa shape index (κ2) is 5.40. The van der Waals surface area contributed by atoms with E-state index in [0.29, 0.717) is 10.7 Å². The molecule has 0 bridgehead atoms. The number of benzene rings is 1. The summed E-state index contributed by atoms with van der Waals surface area (Å²) in [6.45, 7) is 1.83. The molecule has 2 rings (SSSR count). The predicted molar refractivity (Wildman–Crippen MR) is 73.2 cm³/mol. The molecule has 1 aromatic heterocycles. The van der Waals surface area contributed by atoms with E-state index in [-0.39, 0.29) is 11.6 Å². The van der Waals surface area contributed by atoms with Gasteiger partial charge in [-0.3, -0.25) is 0 Å². The van der Waals surface area contributed by atoms with Gasteiger partial charge in [0, 0.05) is 13.1 Å². The Bertz CT molecular complexity index is 597. The molecule has 0 amide bonds. The fraction of sp³-hybridized carbons (Fsp3) is 0.154. The van der Waals surface area contributed by atoms with Crippen molar-refractivity contribution in [2.24, 2.45) is 0 Å². The number of nitrogens with zero attached hydrogens (tertiary/aromatic N) is 1. The van der Waals surface area contributed by atoms with Crippen LogP contribution in [0.3, 0.4) is 0 Å². The Morgan fingerprint density at radius 1 is 1.16 bits per heavy atom. The van der Waals surface area contributed by atoms with Crippen molar-refractivity contribution in [3.63, 3.8) is 0 Å². The minimum atomic E-state index is -0.782. The Morgan fingerprint density at radius 2 is 1.84 bits per heavy atom. The third-order valence-corrected chi connectivity index (χ3v) is 2.95. The second-order valence-corrected chi connectivity index (χ2v) is 4.36. The summed E-state index contributed by atoms with van der Waals surface area (Å²) in [6, 6.07) is 6.07. The first-order chi connectivity index (χ1) is 9.02. The molecule has 3 nitrogen and oxygen atoms in total. The van der Waals surface area contributed by atoms with Gasteiger partial charge in [-0.05, 0) is 18.6 Å². The maximum atomic E-state index is 13.7. The van der Waals surface area contributed by atoms with E-state index in [1.165, 1.54) is 7.05 Å². The van der Waals surface area contributed by atoms with Gasteiger partial charge in [-0.2, -0.15) is 0 Å². The van der Waals surface area contributed by atoms with Crippen molar-refractivity contribution in [1.82, 2.24) is 4.98 Å². The number of halogens is 3. The molecule has 0 saturated carbocycles. The van der Waals surface area contributed by atoms with Gasteiger partial charge in [0.1, 0.15) is 0 Å². The fourth-order valence-electron chi connectivity index (χ4n) is 1.64. The van der Waals surface area contributed by atoms with E-state index in [0.717, 1.165) is 11.6 Å². The Kier molecular flexibility index (Phi) is 3.85. The zero-order valence-electron chi connectivity index (χ0n) is 10.4. The molecular weight excluding hydrogens is 272 g/mol. The Morgan fingerprint density at radius 3 is 2.47 bits per heavy atom. The summed E-state index contributed by atoms with van der Waals surface area (Å²) in [5.41, 5.74) is 1.38. The van der Waals surface area contributed by atoms with Gasteiger partial charge in [0.05, 0.1) is 10.7 Å². The average Bonchev–Trinajstić information content (AvgIpc) is 2.36. The Labute approximate surface area is 114 Å². The summed E-state index contributed by atoms with van der Waals surface area (Å²) in [7, 11) is 1.51. The maximum absolute atomic E-state index is 13.7. The van der Waals surface area contributed by atoms with Gasteiger partial charge in [-0.15, -0.1) is 0 Å². The summed E-state index contributed by atoms with van der Waals surface area (Å²) in [5, 5.41) is 5.78. The van der Waals surface area contributed by atoms with Crippen molar-refractivity contribution < 1.29 is 8.78 Å². The highest BCUT2D eigenvalue weighted by Crippen LogP contribution is 2.30. The molecular formula is C13H12ClF2N3. The third kappa shape index (κ3) is 2.76. The summed E-state index contributed by atoms with van der Waals surface area (Å²) in [5.74, 6) is -1.65. The minimum Gasteiger partial charge on any atom is -0.371 e. The number of hydrogen-bond donors (Lipinski definition) is 2. The van der Waals surface area contributed by atoms with E-state index in [1.807, 2.05) is 13.0 Å². The first-order valence-electron chi connectivity index (χ1n) is 5.59. The van der Waals surface area contributed by atoms with Crippen LogP contribution in [0.25, 0.3) is 0 Å². The standard InChI is InChI=1S/C13H12ClF2N3/c1-7-4-3-5-8(14)11(7)18-13-10(16)6-9(15)12(17-2)19-13/h3-6H,1-2H3,(H2,17,18,19). The summed E-state index contributed by atoms with van der Waals surface area (Å²) in [6.07, 6.45) is 0. The molecule has 0 radical (unpaired) electrons. The lowest BCUT2D eigenvalue weighted by Gasteiger charge is -2.12. The maximum Gasteiger partial charge on any atom is 0.169 e. The number of nitrogens with one attached hydrogen (secondary N) is 2. The van der Waals surface area contributed by atoms with Gasteiger partial charge in [0.2, 0.25) is 0 Å². The molecule has 6 heteroatoms. The minimum absolute atomic E-state index is 0.0337. The van der Waals surface area contributed by atoms with Crippen LogP contribution in [-0.2, 0) is 0 Å². The van der Waals surface area contributed by atoms with Crippen LogP contribution in [0.5, 0.6) is 0 Å².